The fraction of sp³-hybridized carbons (Fsp3) is 0.333. The number of hydrogen-bond donors (Lipinski definition) is 0. The minimum Gasteiger partial charge on any atom is -0.295 e. The van der Waals surface area contributed by atoms with Gasteiger partial charge in [-0.05, 0) is 0 Å². The van der Waals surface area contributed by atoms with Gasteiger partial charge in [-0.25, -0.2) is 0 Å². The van der Waals surface area contributed by atoms with Gasteiger partial charge < -0.3 is 0 Å². The number of halogens is 4. The Labute approximate surface area is 42.2 Å². The normalized spacial score (nSPS) is 14.2. The van der Waals surface area contributed by atoms with Crippen molar-refractivity contribution in [3.63, 3.8) is 0 Å². The van der Waals surface area contributed by atoms with Crippen molar-refractivity contribution in [3.05, 3.63) is 12.1 Å². The van der Waals surface area contributed by atoms with Gasteiger partial charge in [0.1, 0.15) is 0 Å². The maximum Gasteiger partial charge on any atom is 0.446 e. The fourth-order valence-electron chi connectivity index (χ4n) is 0.0668. The van der Waals surface area contributed by atoms with Gasteiger partial charge in [-0.2, -0.15) is 17.6 Å². The van der Waals surface area contributed by atoms with E-state index in [1.165, 1.54) is 0 Å². The van der Waals surface area contributed by atoms with Crippen LogP contribution in [0.2, 0.25) is 0 Å². The van der Waals surface area contributed by atoms with Crippen LogP contribution in [0, 0.1) is 0 Å². The van der Waals surface area contributed by atoms with Crippen LogP contribution in [0.15, 0.2) is 12.1 Å². The number of alkyl halides is 3. The van der Waals surface area contributed by atoms with Gasteiger partial charge in [0.2, 0.25) is 5.83 Å². The molecule has 0 N–H and O–H groups in total. The highest BCUT2D eigenvalue weighted by molar-refractivity contribution is 4.92. The molecule has 0 bridgehead atoms. The predicted molar refractivity (Wildman–Crippen MR) is 15.9 cm³/mol. The first kappa shape index (κ1) is 7.26. The molecule has 0 saturated heterocycles. The Kier molecular flexibility index (Phi) is 1.83. The number of hydrogen-bond acceptors (Lipinski definition) is 0. The lowest BCUT2D eigenvalue weighted by atomic mass is 10.6. The summed E-state index contributed by atoms with van der Waals surface area (Å²) in [6, 6.07) is 0. The molecule has 0 saturated carbocycles. The first-order valence-electron chi connectivity index (χ1n) is 1.53. The molecular formula is C3HF4O. The second-order valence-corrected chi connectivity index (χ2v) is 0.964. The topological polar surface area (TPSA) is 19.9 Å². The highest BCUT2D eigenvalue weighted by Gasteiger charge is 2.35. The van der Waals surface area contributed by atoms with E-state index in [4.69, 9.17) is 5.11 Å². The monoisotopic (exact) mass is 129 g/mol. The lowest BCUT2D eigenvalue weighted by molar-refractivity contribution is -0.111. The molecule has 0 aromatic carbocycles. The Morgan fingerprint density at radius 3 is 1.75 bits per heavy atom. The Morgan fingerprint density at radius 2 is 1.75 bits per heavy atom. The summed E-state index contributed by atoms with van der Waals surface area (Å²) in [5.41, 5.74) is 0. The first-order chi connectivity index (χ1) is 3.48. The molecule has 1 nitrogen and oxygen atoms in total. The van der Waals surface area contributed by atoms with E-state index >= 15 is 0 Å². The van der Waals surface area contributed by atoms with Crippen molar-refractivity contribution < 1.29 is 22.7 Å². The van der Waals surface area contributed by atoms with Crippen LogP contribution in [-0.2, 0) is 5.11 Å². The van der Waals surface area contributed by atoms with Crippen LogP contribution in [0.25, 0.3) is 0 Å². The molecule has 0 aliphatic heterocycles. The Bertz CT molecular complexity index is 102. The van der Waals surface area contributed by atoms with E-state index < -0.39 is 18.3 Å². The Morgan fingerprint density at radius 1 is 1.38 bits per heavy atom. The van der Waals surface area contributed by atoms with Gasteiger partial charge in [0.05, 0.1) is 0 Å². The van der Waals surface area contributed by atoms with E-state index in [0.717, 1.165) is 0 Å². The molecule has 0 aromatic heterocycles. The van der Waals surface area contributed by atoms with Crippen molar-refractivity contribution >= 4 is 0 Å². The summed E-state index contributed by atoms with van der Waals surface area (Å²) in [6.45, 7) is 0. The summed E-state index contributed by atoms with van der Waals surface area (Å²) in [5, 5.41) is 9.02. The van der Waals surface area contributed by atoms with Gasteiger partial charge in [-0.1, -0.05) is 0 Å². The molecule has 0 aromatic rings. The Balaban J connectivity index is 4.03. The SMILES string of the molecule is [O]C=C(F)C(F)(F)F. The lowest BCUT2D eigenvalue weighted by Gasteiger charge is -1.97. The molecule has 1 radical (unpaired) electrons. The van der Waals surface area contributed by atoms with Crippen LogP contribution in [-0.4, -0.2) is 6.18 Å². The third kappa shape index (κ3) is 1.81. The lowest BCUT2D eigenvalue weighted by Crippen LogP contribution is -2.07. The summed E-state index contributed by atoms with van der Waals surface area (Å²) in [5.74, 6) is -2.60. The zero-order valence-corrected chi connectivity index (χ0v) is 3.50. The zero-order chi connectivity index (χ0) is 6.78. The molecule has 0 fully saturated rings. The summed E-state index contributed by atoms with van der Waals surface area (Å²) in [6.07, 6.45) is -5.98. The average Bonchev–Trinajstić information content (AvgIpc) is 1.62. The predicted octanol–water partition coefficient (Wildman–Crippen LogP) is 1.79. The van der Waals surface area contributed by atoms with Gasteiger partial charge in [-0.3, -0.25) is 5.11 Å². The highest BCUT2D eigenvalue weighted by atomic mass is 19.4. The Hall–Kier alpha value is -0.740. The van der Waals surface area contributed by atoms with E-state index in [-0.39, 0.29) is 0 Å². The van der Waals surface area contributed by atoms with Crippen LogP contribution in [0.5, 0.6) is 0 Å². The molecule has 0 rings (SSSR count). The second kappa shape index (κ2) is 2.02. The third-order valence-corrected chi connectivity index (χ3v) is 0.374. The molecule has 5 heteroatoms. The van der Waals surface area contributed by atoms with E-state index in [0.29, 0.717) is 0 Å². The van der Waals surface area contributed by atoms with Crippen molar-refractivity contribution in [2.45, 2.75) is 6.18 Å². The maximum absolute atomic E-state index is 11.1. The van der Waals surface area contributed by atoms with Crippen LogP contribution >= 0.6 is 0 Å². The van der Waals surface area contributed by atoms with Crippen LogP contribution in [0.4, 0.5) is 17.6 Å². The largest absolute Gasteiger partial charge is 0.446 e. The minimum atomic E-state index is -5.11. The van der Waals surface area contributed by atoms with Gasteiger partial charge in [-0.15, -0.1) is 0 Å². The van der Waals surface area contributed by atoms with Crippen molar-refractivity contribution in [2.75, 3.05) is 0 Å². The van der Waals surface area contributed by atoms with Crippen LogP contribution in [0.3, 0.4) is 0 Å². The van der Waals surface area contributed by atoms with Gasteiger partial charge in [0.25, 0.3) is 0 Å². The fourth-order valence-corrected chi connectivity index (χ4v) is 0.0668. The standard InChI is InChI=1S/C3HF4O/c4-2(1-8)3(5,6)7/h1H. The molecular weight excluding hydrogens is 128 g/mol. The van der Waals surface area contributed by atoms with Crippen molar-refractivity contribution in [3.8, 4) is 0 Å². The van der Waals surface area contributed by atoms with E-state index in [1.54, 1.807) is 0 Å². The van der Waals surface area contributed by atoms with Crippen LogP contribution in [0.1, 0.15) is 0 Å². The second-order valence-electron chi connectivity index (χ2n) is 0.964. The number of allylic oxidation sites excluding steroid dienone is 1. The minimum absolute atomic E-state index is 0.875. The molecule has 0 heterocycles. The molecule has 0 aliphatic rings. The molecule has 0 aliphatic carbocycles. The first-order valence-corrected chi connectivity index (χ1v) is 1.53. The molecule has 8 heavy (non-hydrogen) atoms. The third-order valence-electron chi connectivity index (χ3n) is 0.374. The van der Waals surface area contributed by atoms with E-state index in [9.17, 15) is 17.6 Å². The zero-order valence-electron chi connectivity index (χ0n) is 3.50. The summed E-state index contributed by atoms with van der Waals surface area (Å²) in [7, 11) is 0. The number of rotatable bonds is 0. The summed E-state index contributed by atoms with van der Waals surface area (Å²) < 4.78 is 43.5. The van der Waals surface area contributed by atoms with Crippen molar-refractivity contribution in [2.24, 2.45) is 0 Å². The quantitative estimate of drug-likeness (QED) is 0.351. The van der Waals surface area contributed by atoms with E-state index in [1.807, 2.05) is 0 Å². The molecule has 0 spiro atoms. The van der Waals surface area contributed by atoms with Gasteiger partial charge in [0, 0.05) is 0 Å². The summed E-state index contributed by atoms with van der Waals surface area (Å²) >= 11 is 0. The molecule has 0 unspecified atom stereocenters. The highest BCUT2D eigenvalue weighted by Crippen LogP contribution is 2.25. The van der Waals surface area contributed by atoms with Crippen molar-refractivity contribution in [1.82, 2.24) is 0 Å². The van der Waals surface area contributed by atoms with Crippen LogP contribution < -0.4 is 0 Å². The maximum atomic E-state index is 11.1. The average molecular weight is 129 g/mol. The smallest absolute Gasteiger partial charge is 0.295 e. The van der Waals surface area contributed by atoms with E-state index in [2.05, 4.69) is 0 Å². The molecule has 0 atom stereocenters. The molecule has 0 amide bonds. The summed E-state index contributed by atoms with van der Waals surface area (Å²) in [4.78, 5) is 0. The van der Waals surface area contributed by atoms with Gasteiger partial charge in [0.15, 0.2) is 6.26 Å². The molecule has 47 valence electrons. The van der Waals surface area contributed by atoms with Crippen molar-refractivity contribution in [1.29, 1.82) is 0 Å². The van der Waals surface area contributed by atoms with Gasteiger partial charge >= 0.3 is 6.18 Å².